The van der Waals surface area contributed by atoms with Gasteiger partial charge in [0.15, 0.2) is 0 Å². The van der Waals surface area contributed by atoms with E-state index in [0.717, 1.165) is 57.1 Å². The fourth-order valence-electron chi connectivity index (χ4n) is 3.72. The molecule has 1 saturated carbocycles. The van der Waals surface area contributed by atoms with Crippen molar-refractivity contribution in [2.45, 2.75) is 76.7 Å². The van der Waals surface area contributed by atoms with Gasteiger partial charge in [0.05, 0.1) is 18.8 Å². The zero-order valence-electron chi connectivity index (χ0n) is 18.1. The van der Waals surface area contributed by atoms with E-state index in [4.69, 9.17) is 9.47 Å². The summed E-state index contributed by atoms with van der Waals surface area (Å²) in [4.78, 5) is 24.1. The number of ether oxygens (including phenoxy) is 3. The maximum absolute atomic E-state index is 12.7. The molecule has 0 N–H and O–H groups in total. The minimum atomic E-state index is -4.49. The molecule has 0 saturated heterocycles. The van der Waals surface area contributed by atoms with Gasteiger partial charge in [0, 0.05) is 18.6 Å². The molecule has 0 spiro atoms. The second kappa shape index (κ2) is 12.1. The zero-order chi connectivity index (χ0) is 22.9. The number of alkyl halides is 3. The number of carbonyl (C=O) groups excluding carboxylic acids is 2. The fraction of sp³-hybridized carbons (Fsp3) is 0.652. The zero-order valence-corrected chi connectivity index (χ0v) is 18.1. The van der Waals surface area contributed by atoms with Gasteiger partial charge in [-0.3, -0.25) is 4.79 Å². The number of halogens is 3. The smallest absolute Gasteiger partial charge is 0.416 e. The van der Waals surface area contributed by atoms with Gasteiger partial charge in [-0.25, -0.2) is 4.79 Å². The van der Waals surface area contributed by atoms with Crippen LogP contribution in [-0.4, -0.2) is 31.8 Å². The molecule has 8 heteroatoms. The number of hydrogen-bond donors (Lipinski definition) is 0. The molecule has 1 aliphatic carbocycles. The number of rotatable bonds is 10. The monoisotopic (exact) mass is 444 g/mol. The van der Waals surface area contributed by atoms with Crippen LogP contribution in [0.4, 0.5) is 13.2 Å². The largest absolute Gasteiger partial charge is 0.466 e. The fourth-order valence-corrected chi connectivity index (χ4v) is 3.72. The molecule has 0 aliphatic heterocycles. The van der Waals surface area contributed by atoms with Gasteiger partial charge in [-0.15, -0.1) is 0 Å². The molecule has 31 heavy (non-hydrogen) atoms. The number of esters is 2. The van der Waals surface area contributed by atoms with Gasteiger partial charge in [0.1, 0.15) is 0 Å². The van der Waals surface area contributed by atoms with Crippen molar-refractivity contribution in [1.29, 1.82) is 0 Å². The van der Waals surface area contributed by atoms with Crippen molar-refractivity contribution < 1.29 is 37.0 Å². The lowest BCUT2D eigenvalue weighted by atomic mass is 9.89. The molecule has 0 amide bonds. The van der Waals surface area contributed by atoms with Gasteiger partial charge in [0.25, 0.3) is 0 Å². The maximum atomic E-state index is 12.7. The lowest BCUT2D eigenvalue weighted by Crippen LogP contribution is -2.22. The van der Waals surface area contributed by atoms with Crippen molar-refractivity contribution in [2.75, 3.05) is 13.7 Å². The van der Waals surface area contributed by atoms with Gasteiger partial charge in [-0.05, 0) is 43.7 Å². The van der Waals surface area contributed by atoms with Crippen molar-refractivity contribution in [3.63, 3.8) is 0 Å². The number of hydrogen-bond acceptors (Lipinski definition) is 5. The summed E-state index contributed by atoms with van der Waals surface area (Å²) in [6.07, 6.45) is 1.42. The Morgan fingerprint density at radius 2 is 1.81 bits per heavy atom. The number of methoxy groups -OCH3 is 1. The Kier molecular flexibility index (Phi) is 9.81. The normalized spacial score (nSPS) is 20.2. The van der Waals surface area contributed by atoms with Crippen LogP contribution in [0.2, 0.25) is 0 Å². The van der Waals surface area contributed by atoms with Crippen molar-refractivity contribution in [2.24, 2.45) is 5.92 Å². The Balaban J connectivity index is 1.75. The predicted molar refractivity (Wildman–Crippen MR) is 108 cm³/mol. The summed E-state index contributed by atoms with van der Waals surface area (Å²) in [5.74, 6) is -0.735. The first-order valence-corrected chi connectivity index (χ1v) is 10.8. The average molecular weight is 444 g/mol. The van der Waals surface area contributed by atoms with E-state index in [-0.39, 0.29) is 12.0 Å². The highest BCUT2D eigenvalue weighted by Gasteiger charge is 2.32. The van der Waals surface area contributed by atoms with E-state index >= 15 is 0 Å². The summed E-state index contributed by atoms with van der Waals surface area (Å²) in [5, 5.41) is 0. The van der Waals surface area contributed by atoms with Gasteiger partial charge in [0.2, 0.25) is 6.10 Å². The Labute approximate surface area is 181 Å². The molecular weight excluding hydrogens is 413 g/mol. The van der Waals surface area contributed by atoms with E-state index in [0.29, 0.717) is 25.0 Å². The summed E-state index contributed by atoms with van der Waals surface area (Å²) in [6.45, 7) is 2.90. The van der Waals surface area contributed by atoms with Crippen LogP contribution in [0, 0.1) is 5.92 Å². The average Bonchev–Trinajstić information content (AvgIpc) is 2.73. The molecule has 2 rings (SSSR count). The van der Waals surface area contributed by atoms with Gasteiger partial charge in [-0.1, -0.05) is 38.3 Å². The molecule has 0 heterocycles. The van der Waals surface area contributed by atoms with Gasteiger partial charge in [-0.2, -0.15) is 13.2 Å². The number of carbonyl (C=O) groups is 2. The summed E-state index contributed by atoms with van der Waals surface area (Å²) >= 11 is 0. The Bertz CT molecular complexity index is 702. The van der Waals surface area contributed by atoms with E-state index < -0.39 is 29.8 Å². The van der Waals surface area contributed by atoms with Crippen molar-refractivity contribution >= 4 is 11.9 Å². The molecule has 1 aliphatic rings. The minimum Gasteiger partial charge on any atom is -0.466 e. The topological polar surface area (TPSA) is 61.8 Å². The highest BCUT2D eigenvalue weighted by atomic mass is 19.4. The first-order valence-electron chi connectivity index (χ1n) is 10.8. The van der Waals surface area contributed by atoms with Crippen molar-refractivity contribution in [3.8, 4) is 0 Å². The van der Waals surface area contributed by atoms with Crippen LogP contribution in [0.15, 0.2) is 24.3 Å². The Morgan fingerprint density at radius 3 is 2.42 bits per heavy atom. The lowest BCUT2D eigenvalue weighted by Gasteiger charge is -2.26. The van der Waals surface area contributed by atoms with Crippen LogP contribution in [0.5, 0.6) is 0 Å². The third-order valence-electron chi connectivity index (χ3n) is 5.47. The second-order valence-corrected chi connectivity index (χ2v) is 8.09. The number of benzene rings is 1. The molecule has 3 unspecified atom stereocenters. The van der Waals surface area contributed by atoms with E-state index in [1.54, 1.807) is 0 Å². The van der Waals surface area contributed by atoms with E-state index in [1.807, 2.05) is 0 Å². The van der Waals surface area contributed by atoms with E-state index in [2.05, 4.69) is 11.7 Å². The van der Waals surface area contributed by atoms with Gasteiger partial charge >= 0.3 is 18.1 Å². The third-order valence-corrected chi connectivity index (χ3v) is 5.47. The molecule has 1 aromatic rings. The van der Waals surface area contributed by atoms with Crippen LogP contribution < -0.4 is 0 Å². The predicted octanol–water partition coefficient (Wildman–Crippen LogP) is 5.62. The number of unbranched alkanes of at least 4 members (excludes halogenated alkanes) is 2. The molecule has 1 fully saturated rings. The van der Waals surface area contributed by atoms with Crippen LogP contribution in [0.25, 0.3) is 0 Å². The van der Waals surface area contributed by atoms with Crippen molar-refractivity contribution in [1.82, 2.24) is 0 Å². The quantitative estimate of drug-likeness (QED) is 0.346. The van der Waals surface area contributed by atoms with Gasteiger partial charge < -0.3 is 14.2 Å². The summed E-state index contributed by atoms with van der Waals surface area (Å²) in [7, 11) is 1.13. The first-order chi connectivity index (χ1) is 14.7. The molecule has 174 valence electrons. The Morgan fingerprint density at radius 1 is 1.10 bits per heavy atom. The minimum absolute atomic E-state index is 0.106. The highest BCUT2D eigenvalue weighted by Crippen LogP contribution is 2.31. The van der Waals surface area contributed by atoms with E-state index in [1.165, 1.54) is 12.8 Å². The highest BCUT2D eigenvalue weighted by molar-refractivity contribution is 5.80. The molecule has 0 radical (unpaired) electrons. The van der Waals surface area contributed by atoms with Crippen molar-refractivity contribution in [3.05, 3.63) is 35.4 Å². The summed E-state index contributed by atoms with van der Waals surface area (Å²) < 4.78 is 53.9. The third kappa shape index (κ3) is 8.51. The van der Waals surface area contributed by atoms with Crippen LogP contribution in [0.3, 0.4) is 0 Å². The summed E-state index contributed by atoms with van der Waals surface area (Å²) in [6, 6.07) is 3.90. The van der Waals surface area contributed by atoms with Crippen LogP contribution in [-0.2, 0) is 30.0 Å². The van der Waals surface area contributed by atoms with Crippen LogP contribution in [0.1, 0.15) is 75.5 Å². The van der Waals surface area contributed by atoms with E-state index in [9.17, 15) is 22.8 Å². The molecular formula is C23H31F3O5. The Hall–Kier alpha value is -2.09. The molecule has 5 nitrogen and oxygen atoms in total. The second-order valence-electron chi connectivity index (χ2n) is 8.09. The lowest BCUT2D eigenvalue weighted by molar-refractivity contribution is -0.166. The van der Waals surface area contributed by atoms with Crippen LogP contribution >= 0.6 is 0 Å². The standard InChI is InChI=1S/C23H31F3O5/c1-16-7-6-8-19(15-16)30-14-5-3-4-9-20(27)31-21(22(28)29-2)17-10-12-18(13-11-17)23(24,25)26/h10-13,16,19,21H,3-9,14-15H2,1-2H3. The summed E-state index contributed by atoms with van der Waals surface area (Å²) in [5.41, 5.74) is -0.723. The molecule has 1 aromatic carbocycles. The SMILES string of the molecule is COC(=O)C(OC(=O)CCCCCOC1CCCC(C)C1)c1ccc(C(F)(F)F)cc1. The molecule has 0 aromatic heterocycles. The maximum Gasteiger partial charge on any atom is 0.416 e. The first kappa shape index (κ1) is 25.2. The molecule has 3 atom stereocenters. The molecule has 0 bridgehead atoms.